The van der Waals surface area contributed by atoms with Gasteiger partial charge in [-0.1, -0.05) is 32.9 Å². The molecule has 3 heteroatoms. The quantitative estimate of drug-likeness (QED) is 0.892. The Morgan fingerprint density at radius 3 is 2.16 bits per heavy atom. The molecular formula is C16H22N2S. The van der Waals surface area contributed by atoms with Gasteiger partial charge in [-0.05, 0) is 36.0 Å². The van der Waals surface area contributed by atoms with Crippen LogP contribution in [0.3, 0.4) is 0 Å². The fourth-order valence-electron chi connectivity index (χ4n) is 2.25. The van der Waals surface area contributed by atoms with Crippen molar-refractivity contribution >= 4 is 11.3 Å². The van der Waals surface area contributed by atoms with Crippen LogP contribution in [0.4, 0.5) is 0 Å². The largest absolute Gasteiger partial charge is 0.325 e. The average molecular weight is 274 g/mol. The zero-order valence-corrected chi connectivity index (χ0v) is 13.2. The van der Waals surface area contributed by atoms with Gasteiger partial charge in [0.25, 0.3) is 0 Å². The molecule has 0 aliphatic carbocycles. The van der Waals surface area contributed by atoms with Crippen molar-refractivity contribution in [1.29, 1.82) is 0 Å². The highest BCUT2D eigenvalue weighted by Gasteiger charge is 2.18. The van der Waals surface area contributed by atoms with Crippen LogP contribution in [-0.2, 0) is 12.0 Å². The summed E-state index contributed by atoms with van der Waals surface area (Å²) in [6.07, 6.45) is 0. The Balaban J connectivity index is 2.53. The van der Waals surface area contributed by atoms with Gasteiger partial charge in [0.2, 0.25) is 0 Å². The van der Waals surface area contributed by atoms with Crippen LogP contribution in [0, 0.1) is 13.8 Å². The van der Waals surface area contributed by atoms with Crippen LogP contribution >= 0.6 is 11.3 Å². The van der Waals surface area contributed by atoms with Crippen LogP contribution in [0.5, 0.6) is 0 Å². The molecule has 2 rings (SSSR count). The summed E-state index contributed by atoms with van der Waals surface area (Å²) in [5, 5.41) is 3.13. The van der Waals surface area contributed by atoms with Gasteiger partial charge in [-0.25, -0.2) is 4.98 Å². The number of nitrogens with two attached hydrogens (primary N) is 1. The van der Waals surface area contributed by atoms with Crippen LogP contribution in [0.25, 0.3) is 10.6 Å². The standard InChI is InChI=1S/C16H22N2S/c1-10-6-12(16(3,4)5)7-11(2)14(10)15-18-13(8-17)9-19-15/h6-7,9H,8,17H2,1-5H3. The topological polar surface area (TPSA) is 38.9 Å². The van der Waals surface area contributed by atoms with Crippen LogP contribution < -0.4 is 5.73 Å². The van der Waals surface area contributed by atoms with Crippen molar-refractivity contribution in [3.05, 3.63) is 39.9 Å². The highest BCUT2D eigenvalue weighted by atomic mass is 32.1. The van der Waals surface area contributed by atoms with E-state index in [1.165, 1.54) is 22.3 Å². The first kappa shape index (κ1) is 14.2. The summed E-state index contributed by atoms with van der Waals surface area (Å²) >= 11 is 1.68. The molecule has 0 fully saturated rings. The van der Waals surface area contributed by atoms with Gasteiger partial charge in [0.1, 0.15) is 5.01 Å². The van der Waals surface area contributed by atoms with Crippen molar-refractivity contribution in [2.24, 2.45) is 5.73 Å². The maximum atomic E-state index is 5.64. The molecule has 0 atom stereocenters. The van der Waals surface area contributed by atoms with Crippen LogP contribution in [0.1, 0.15) is 43.2 Å². The Labute approximate surface area is 119 Å². The maximum Gasteiger partial charge on any atom is 0.124 e. The molecule has 0 saturated heterocycles. The summed E-state index contributed by atoms with van der Waals surface area (Å²) < 4.78 is 0. The van der Waals surface area contributed by atoms with Crippen LogP contribution in [0.15, 0.2) is 17.5 Å². The molecule has 0 bridgehead atoms. The fourth-order valence-corrected chi connectivity index (χ4v) is 3.26. The number of thiazole rings is 1. The lowest BCUT2D eigenvalue weighted by Crippen LogP contribution is -2.12. The third-order valence-electron chi connectivity index (χ3n) is 3.37. The van der Waals surface area contributed by atoms with Crippen LogP contribution in [0.2, 0.25) is 0 Å². The molecular weight excluding hydrogens is 252 g/mol. The minimum absolute atomic E-state index is 0.180. The molecule has 2 N–H and O–H groups in total. The second-order valence-corrected chi connectivity index (χ2v) is 6.94. The Bertz CT molecular complexity index is 568. The Morgan fingerprint density at radius 1 is 1.16 bits per heavy atom. The lowest BCUT2D eigenvalue weighted by molar-refractivity contribution is 0.589. The van der Waals surface area contributed by atoms with E-state index in [9.17, 15) is 0 Å². The van der Waals surface area contributed by atoms with Gasteiger partial charge in [-0.15, -0.1) is 11.3 Å². The molecule has 0 saturated carbocycles. The van der Waals surface area contributed by atoms with Crippen molar-refractivity contribution < 1.29 is 0 Å². The molecule has 0 amide bonds. The van der Waals surface area contributed by atoms with E-state index in [0.29, 0.717) is 6.54 Å². The number of hydrogen-bond donors (Lipinski definition) is 1. The molecule has 0 radical (unpaired) electrons. The van der Waals surface area contributed by atoms with Gasteiger partial charge < -0.3 is 5.73 Å². The molecule has 0 spiro atoms. The Morgan fingerprint density at radius 2 is 1.74 bits per heavy atom. The molecule has 1 aromatic heterocycles. The van der Waals surface area contributed by atoms with Gasteiger partial charge in [-0.2, -0.15) is 0 Å². The van der Waals surface area contributed by atoms with E-state index < -0.39 is 0 Å². The number of aryl methyl sites for hydroxylation is 2. The van der Waals surface area contributed by atoms with Crippen molar-refractivity contribution in [2.45, 2.75) is 46.6 Å². The number of rotatable bonds is 2. The first-order valence-electron chi connectivity index (χ1n) is 6.59. The highest BCUT2D eigenvalue weighted by Crippen LogP contribution is 2.34. The van der Waals surface area contributed by atoms with Gasteiger partial charge in [-0.3, -0.25) is 0 Å². The number of benzene rings is 1. The molecule has 19 heavy (non-hydrogen) atoms. The highest BCUT2D eigenvalue weighted by molar-refractivity contribution is 7.13. The second-order valence-electron chi connectivity index (χ2n) is 6.08. The maximum absolute atomic E-state index is 5.64. The first-order chi connectivity index (χ1) is 8.82. The molecule has 2 aromatic rings. The molecule has 0 aliphatic heterocycles. The molecule has 102 valence electrons. The second kappa shape index (κ2) is 5.06. The smallest absolute Gasteiger partial charge is 0.124 e. The predicted octanol–water partition coefficient (Wildman–Crippen LogP) is 4.18. The lowest BCUT2D eigenvalue weighted by Gasteiger charge is -2.21. The third-order valence-corrected chi connectivity index (χ3v) is 4.28. The summed E-state index contributed by atoms with van der Waals surface area (Å²) in [5.74, 6) is 0. The minimum atomic E-state index is 0.180. The molecule has 0 unspecified atom stereocenters. The van der Waals surface area contributed by atoms with Gasteiger partial charge >= 0.3 is 0 Å². The van der Waals surface area contributed by atoms with Gasteiger partial charge in [0, 0.05) is 17.5 Å². The Hall–Kier alpha value is -1.19. The number of hydrogen-bond acceptors (Lipinski definition) is 3. The van der Waals surface area contributed by atoms with Crippen LogP contribution in [-0.4, -0.2) is 4.98 Å². The summed E-state index contributed by atoms with van der Waals surface area (Å²) in [6.45, 7) is 11.6. The van der Waals surface area contributed by atoms with Crippen molar-refractivity contribution in [3.8, 4) is 10.6 Å². The van der Waals surface area contributed by atoms with E-state index in [1.54, 1.807) is 11.3 Å². The molecule has 1 heterocycles. The SMILES string of the molecule is Cc1cc(C(C)(C)C)cc(C)c1-c1nc(CN)cs1. The first-order valence-corrected chi connectivity index (χ1v) is 7.47. The van der Waals surface area contributed by atoms with E-state index in [4.69, 9.17) is 5.73 Å². The molecule has 2 nitrogen and oxygen atoms in total. The van der Waals surface area contributed by atoms with E-state index in [1.807, 2.05) is 5.38 Å². The van der Waals surface area contributed by atoms with E-state index in [-0.39, 0.29) is 5.41 Å². The normalized spacial score (nSPS) is 11.9. The molecule has 0 aliphatic rings. The van der Waals surface area contributed by atoms with Gasteiger partial charge in [0.15, 0.2) is 0 Å². The fraction of sp³-hybridized carbons (Fsp3) is 0.438. The molecule has 1 aromatic carbocycles. The predicted molar refractivity (Wildman–Crippen MR) is 83.6 cm³/mol. The number of aromatic nitrogens is 1. The average Bonchev–Trinajstić information content (AvgIpc) is 2.75. The van der Waals surface area contributed by atoms with E-state index in [2.05, 4.69) is 51.7 Å². The summed E-state index contributed by atoms with van der Waals surface area (Å²) in [5.41, 5.74) is 12.0. The lowest BCUT2D eigenvalue weighted by atomic mass is 9.84. The summed E-state index contributed by atoms with van der Waals surface area (Å²) in [6, 6.07) is 4.57. The third kappa shape index (κ3) is 2.88. The van der Waals surface area contributed by atoms with E-state index in [0.717, 1.165) is 10.7 Å². The minimum Gasteiger partial charge on any atom is -0.325 e. The zero-order valence-electron chi connectivity index (χ0n) is 12.4. The number of nitrogens with zero attached hydrogens (tertiary/aromatic N) is 1. The van der Waals surface area contributed by atoms with Crippen molar-refractivity contribution in [1.82, 2.24) is 4.98 Å². The van der Waals surface area contributed by atoms with Crippen molar-refractivity contribution in [3.63, 3.8) is 0 Å². The van der Waals surface area contributed by atoms with E-state index >= 15 is 0 Å². The van der Waals surface area contributed by atoms with Gasteiger partial charge in [0.05, 0.1) is 5.69 Å². The van der Waals surface area contributed by atoms with Crippen molar-refractivity contribution in [2.75, 3.05) is 0 Å². The monoisotopic (exact) mass is 274 g/mol. The Kier molecular flexibility index (Phi) is 3.79. The summed E-state index contributed by atoms with van der Waals surface area (Å²) in [7, 11) is 0. The summed E-state index contributed by atoms with van der Waals surface area (Å²) in [4.78, 5) is 4.61. The zero-order chi connectivity index (χ0) is 14.2.